The number of pyridine rings is 2. The van der Waals surface area contributed by atoms with Gasteiger partial charge < -0.3 is 14.5 Å². The summed E-state index contributed by atoms with van der Waals surface area (Å²) in [7, 11) is 1.57. The van der Waals surface area contributed by atoms with Gasteiger partial charge in [-0.1, -0.05) is 5.10 Å². The van der Waals surface area contributed by atoms with E-state index in [1.807, 2.05) is 18.3 Å². The van der Waals surface area contributed by atoms with Crippen molar-refractivity contribution >= 4 is 16.9 Å². The molecule has 0 saturated heterocycles. The largest absolute Gasteiger partial charge is 0.481 e. The number of methoxy groups -OCH3 is 1. The van der Waals surface area contributed by atoms with E-state index in [1.54, 1.807) is 31.5 Å². The number of benzene rings is 1. The lowest BCUT2D eigenvalue weighted by atomic mass is 9.75. The van der Waals surface area contributed by atoms with Crippen molar-refractivity contribution in [1.82, 2.24) is 20.2 Å². The smallest absolute Gasteiger partial charge is 0.315 e. The zero-order chi connectivity index (χ0) is 22.8. The maximum absolute atomic E-state index is 13.8. The molecule has 0 spiro atoms. The molecule has 0 aliphatic heterocycles. The minimum Gasteiger partial charge on any atom is -0.481 e. The predicted molar refractivity (Wildman–Crippen MR) is 124 cm³/mol. The molecule has 1 aromatic carbocycles. The third-order valence-electron chi connectivity index (χ3n) is 6.62. The molecule has 3 heterocycles. The Morgan fingerprint density at radius 3 is 2.67 bits per heavy atom. The molecule has 8 heteroatoms. The van der Waals surface area contributed by atoms with Gasteiger partial charge in [-0.25, -0.2) is 9.37 Å². The number of hydrogen-bond donors (Lipinski definition) is 1. The summed E-state index contributed by atoms with van der Waals surface area (Å²) in [6.07, 6.45) is 7.73. The fourth-order valence-electron chi connectivity index (χ4n) is 4.76. The molecule has 1 aliphatic carbocycles. The molecule has 4 aromatic rings. The second-order valence-corrected chi connectivity index (χ2v) is 8.61. The number of ether oxygens (including phenoxy) is 1. The number of rotatable bonds is 6. The van der Waals surface area contributed by atoms with Gasteiger partial charge in [-0.05, 0) is 80.3 Å². The first-order valence-corrected chi connectivity index (χ1v) is 11.3. The Morgan fingerprint density at radius 1 is 1.06 bits per heavy atom. The molecule has 0 unspecified atom stereocenters. The van der Waals surface area contributed by atoms with Crippen molar-refractivity contribution in [3.05, 3.63) is 60.2 Å². The second kappa shape index (κ2) is 9.13. The van der Waals surface area contributed by atoms with Gasteiger partial charge in [-0.3, -0.25) is 4.98 Å². The molecule has 33 heavy (non-hydrogen) atoms. The number of fused-ring (bicyclic) bond motifs is 1. The van der Waals surface area contributed by atoms with Crippen LogP contribution in [0.25, 0.3) is 22.4 Å². The average molecular weight is 448 g/mol. The lowest BCUT2D eigenvalue weighted by Gasteiger charge is -2.32. The number of anilines is 1. The first-order chi connectivity index (χ1) is 16.1. The fraction of sp³-hybridized carbons (Fsp3) is 0.360. The van der Waals surface area contributed by atoms with Gasteiger partial charge in [0.25, 0.3) is 5.89 Å². The van der Waals surface area contributed by atoms with Gasteiger partial charge in [0.2, 0.25) is 5.88 Å². The molecule has 0 amide bonds. The van der Waals surface area contributed by atoms with Crippen molar-refractivity contribution < 1.29 is 13.5 Å². The normalized spacial score (nSPS) is 19.4. The Hall–Kier alpha value is -3.55. The van der Waals surface area contributed by atoms with Crippen LogP contribution in [0, 0.1) is 11.7 Å². The third-order valence-corrected chi connectivity index (χ3v) is 6.62. The summed E-state index contributed by atoms with van der Waals surface area (Å²) in [5.74, 6) is 1.64. The number of halogens is 1. The van der Waals surface area contributed by atoms with Gasteiger partial charge in [0.1, 0.15) is 5.82 Å². The van der Waals surface area contributed by atoms with Crippen molar-refractivity contribution in [3.63, 3.8) is 0 Å². The van der Waals surface area contributed by atoms with Crippen molar-refractivity contribution in [2.45, 2.75) is 44.6 Å². The molecule has 1 fully saturated rings. The van der Waals surface area contributed by atoms with E-state index in [0.717, 1.165) is 42.1 Å². The highest BCUT2D eigenvalue weighted by atomic mass is 19.1. The van der Waals surface area contributed by atoms with Gasteiger partial charge in [0.05, 0.1) is 18.2 Å². The Kier molecular flexibility index (Phi) is 5.90. The SMILES string of the molecule is COc1ccc(-c2nnc(N[C@H](C)C3CCC(c4ccnc5ccc(F)cc45)CC3)o2)cn1. The second-order valence-electron chi connectivity index (χ2n) is 8.61. The van der Waals surface area contributed by atoms with Crippen LogP contribution in [-0.4, -0.2) is 33.3 Å². The molecule has 1 N–H and O–H groups in total. The summed E-state index contributed by atoms with van der Waals surface area (Å²) >= 11 is 0. The summed E-state index contributed by atoms with van der Waals surface area (Å²) in [6.45, 7) is 2.15. The maximum Gasteiger partial charge on any atom is 0.315 e. The third kappa shape index (κ3) is 4.51. The van der Waals surface area contributed by atoms with E-state index in [0.29, 0.717) is 29.6 Å². The molecule has 0 bridgehead atoms. The van der Waals surface area contributed by atoms with Crippen LogP contribution in [-0.2, 0) is 0 Å². The van der Waals surface area contributed by atoms with Crippen LogP contribution in [0.1, 0.15) is 44.1 Å². The molecule has 170 valence electrons. The molecule has 1 atom stereocenters. The quantitative estimate of drug-likeness (QED) is 0.412. The minimum absolute atomic E-state index is 0.194. The summed E-state index contributed by atoms with van der Waals surface area (Å²) in [5.41, 5.74) is 2.80. The predicted octanol–water partition coefficient (Wildman–Crippen LogP) is 5.60. The molecule has 0 radical (unpaired) electrons. The van der Waals surface area contributed by atoms with Crippen LogP contribution in [0.3, 0.4) is 0 Å². The van der Waals surface area contributed by atoms with E-state index >= 15 is 0 Å². The van der Waals surface area contributed by atoms with E-state index in [1.165, 1.54) is 11.6 Å². The summed E-state index contributed by atoms with van der Waals surface area (Å²) in [6, 6.07) is 11.1. The number of nitrogens with zero attached hydrogens (tertiary/aromatic N) is 4. The van der Waals surface area contributed by atoms with Gasteiger partial charge >= 0.3 is 6.01 Å². The van der Waals surface area contributed by atoms with E-state index < -0.39 is 0 Å². The standard InChI is InChI=1S/C25H26FN5O2/c1-15(29-25-31-30-24(33-25)18-7-10-23(32-2)28-14-18)16-3-5-17(6-4-16)20-11-12-27-22-9-8-19(26)13-21(20)22/h7-17H,3-6H2,1-2H3,(H,29,31)/t15-,16?,17?/m1/s1. The zero-order valence-corrected chi connectivity index (χ0v) is 18.7. The highest BCUT2D eigenvalue weighted by Crippen LogP contribution is 2.40. The van der Waals surface area contributed by atoms with Crippen LogP contribution in [0.5, 0.6) is 5.88 Å². The lowest BCUT2D eigenvalue weighted by molar-refractivity contribution is 0.299. The monoisotopic (exact) mass is 447 g/mol. The fourth-order valence-corrected chi connectivity index (χ4v) is 4.76. The van der Waals surface area contributed by atoms with Crippen LogP contribution in [0.2, 0.25) is 0 Å². The van der Waals surface area contributed by atoms with E-state index in [2.05, 4.69) is 32.4 Å². The molecule has 1 aliphatic rings. The molecule has 3 aromatic heterocycles. The van der Waals surface area contributed by atoms with E-state index in [-0.39, 0.29) is 11.9 Å². The van der Waals surface area contributed by atoms with Gasteiger partial charge in [0.15, 0.2) is 0 Å². The summed E-state index contributed by atoms with van der Waals surface area (Å²) in [5, 5.41) is 12.6. The Labute approximate surface area is 191 Å². The van der Waals surface area contributed by atoms with Gasteiger partial charge in [-0.2, -0.15) is 0 Å². The highest BCUT2D eigenvalue weighted by molar-refractivity contribution is 5.82. The molecular formula is C25H26FN5O2. The average Bonchev–Trinajstić information content (AvgIpc) is 3.32. The van der Waals surface area contributed by atoms with Crippen LogP contribution in [0.4, 0.5) is 10.4 Å². The molecule has 5 rings (SSSR count). The van der Waals surface area contributed by atoms with E-state index in [4.69, 9.17) is 9.15 Å². The topological polar surface area (TPSA) is 86.0 Å². The lowest BCUT2D eigenvalue weighted by Crippen LogP contribution is -2.29. The van der Waals surface area contributed by atoms with Crippen molar-refractivity contribution in [2.24, 2.45) is 5.92 Å². The molecule has 7 nitrogen and oxygen atoms in total. The van der Waals surface area contributed by atoms with Crippen molar-refractivity contribution in [3.8, 4) is 17.3 Å². The number of nitrogens with one attached hydrogen (secondary N) is 1. The Bertz CT molecular complexity index is 1240. The van der Waals surface area contributed by atoms with Crippen molar-refractivity contribution in [2.75, 3.05) is 12.4 Å². The zero-order valence-electron chi connectivity index (χ0n) is 18.7. The number of hydrogen-bond acceptors (Lipinski definition) is 7. The van der Waals surface area contributed by atoms with Crippen LogP contribution >= 0.6 is 0 Å². The number of aromatic nitrogens is 4. The summed E-state index contributed by atoms with van der Waals surface area (Å²) < 4.78 is 24.7. The summed E-state index contributed by atoms with van der Waals surface area (Å²) in [4.78, 5) is 8.57. The molecular weight excluding hydrogens is 421 g/mol. The Balaban J connectivity index is 1.21. The van der Waals surface area contributed by atoms with Gasteiger partial charge in [-0.15, -0.1) is 5.10 Å². The van der Waals surface area contributed by atoms with Crippen LogP contribution in [0.15, 0.2) is 53.2 Å². The Morgan fingerprint density at radius 2 is 1.91 bits per heavy atom. The first kappa shape index (κ1) is 21.3. The first-order valence-electron chi connectivity index (χ1n) is 11.3. The van der Waals surface area contributed by atoms with Gasteiger partial charge in [0, 0.05) is 29.9 Å². The minimum atomic E-state index is -0.215. The van der Waals surface area contributed by atoms with Crippen molar-refractivity contribution in [1.29, 1.82) is 0 Å². The van der Waals surface area contributed by atoms with E-state index in [9.17, 15) is 4.39 Å². The van der Waals surface area contributed by atoms with Crippen LogP contribution < -0.4 is 10.1 Å². The molecule has 1 saturated carbocycles. The highest BCUT2D eigenvalue weighted by Gasteiger charge is 2.28. The maximum atomic E-state index is 13.8.